The molecule has 0 aliphatic carbocycles. The van der Waals surface area contributed by atoms with Gasteiger partial charge in [0.15, 0.2) is 0 Å². The van der Waals surface area contributed by atoms with Crippen molar-refractivity contribution in [3.63, 3.8) is 0 Å². The van der Waals surface area contributed by atoms with Gasteiger partial charge >= 0.3 is 7.32 Å². The third kappa shape index (κ3) is 9.23. The molecule has 84 valence electrons. The molecule has 0 aromatic heterocycles. The van der Waals surface area contributed by atoms with Gasteiger partial charge in [-0.2, -0.15) is 0 Å². The number of aliphatic hydroxyl groups is 2. The highest BCUT2D eigenvalue weighted by Gasteiger charge is 2.09. The van der Waals surface area contributed by atoms with Gasteiger partial charge in [-0.15, -0.1) is 0 Å². The summed E-state index contributed by atoms with van der Waals surface area (Å²) in [5.41, 5.74) is 0. The molecule has 1 rings (SSSR count). The van der Waals surface area contributed by atoms with Gasteiger partial charge in [0, 0.05) is 0 Å². The maximum atomic E-state index is 8.34. The third-order valence-electron chi connectivity index (χ3n) is 1.25. The number of benzene rings is 1. The largest absolute Gasteiger partial charge is 0.707 e. The van der Waals surface area contributed by atoms with E-state index in [1.54, 1.807) is 24.3 Å². The summed E-state index contributed by atoms with van der Waals surface area (Å²) in [6.07, 6.45) is -0.560. The van der Waals surface area contributed by atoms with Gasteiger partial charge in [0.1, 0.15) is 5.75 Å². The fourth-order valence-electron chi connectivity index (χ4n) is 0.621. The highest BCUT2D eigenvalue weighted by atomic mass is 16.6. The highest BCUT2D eigenvalue weighted by Crippen LogP contribution is 2.07. The maximum absolute atomic E-state index is 8.34. The predicted molar refractivity (Wildman–Crippen MR) is 56.0 cm³/mol. The molecule has 1 aromatic carbocycles. The normalized spacial score (nSPS) is 11.0. The second-order valence-corrected chi connectivity index (χ2v) is 2.79. The average Bonchev–Trinajstić information content (AvgIpc) is 2.19. The Labute approximate surface area is 88.8 Å². The summed E-state index contributed by atoms with van der Waals surface area (Å²) in [4.78, 5) is 0. The Balaban J connectivity index is 0.000000336. The van der Waals surface area contributed by atoms with Crippen molar-refractivity contribution in [2.45, 2.75) is 13.0 Å². The first-order valence-electron chi connectivity index (χ1n) is 4.43. The molecule has 0 aliphatic rings. The van der Waals surface area contributed by atoms with E-state index in [1.807, 2.05) is 6.07 Å². The van der Waals surface area contributed by atoms with Crippen LogP contribution in [-0.2, 0) is 0 Å². The van der Waals surface area contributed by atoms with Crippen molar-refractivity contribution in [3.8, 4) is 5.75 Å². The van der Waals surface area contributed by atoms with Crippen molar-refractivity contribution in [1.82, 2.24) is 0 Å². The molecule has 1 aromatic rings. The number of para-hydroxylation sites is 1. The Kier molecular flexibility index (Phi) is 7.66. The fraction of sp³-hybridized carbons (Fsp3) is 0.333. The van der Waals surface area contributed by atoms with E-state index in [0.29, 0.717) is 5.75 Å². The van der Waals surface area contributed by atoms with Gasteiger partial charge in [-0.25, -0.2) is 0 Å². The number of aliphatic hydroxyl groups excluding tert-OH is 2. The molecule has 4 N–H and O–H groups in total. The third-order valence-corrected chi connectivity index (χ3v) is 1.25. The molecule has 15 heavy (non-hydrogen) atoms. The number of rotatable bonds is 3. The summed E-state index contributed by atoms with van der Waals surface area (Å²) in [6, 6.07) is 8.59. The van der Waals surface area contributed by atoms with Crippen LogP contribution in [0.3, 0.4) is 0 Å². The Hall–Kier alpha value is -1.08. The minimum Gasteiger partial charge on any atom is -0.512 e. The Morgan fingerprint density at radius 1 is 1.27 bits per heavy atom. The van der Waals surface area contributed by atoms with Gasteiger partial charge < -0.3 is 24.9 Å². The van der Waals surface area contributed by atoms with Crippen molar-refractivity contribution in [1.29, 1.82) is 0 Å². The molecule has 0 bridgehead atoms. The Bertz CT molecular complexity index is 240. The van der Waals surface area contributed by atoms with E-state index in [9.17, 15) is 0 Å². The van der Waals surface area contributed by atoms with Gasteiger partial charge in [0.05, 0.1) is 12.7 Å². The zero-order chi connectivity index (χ0) is 11.7. The van der Waals surface area contributed by atoms with Crippen molar-refractivity contribution in [2.75, 3.05) is 6.61 Å². The molecular formula is C9H15BO5. The first-order chi connectivity index (χ1) is 7.06. The molecule has 0 radical (unpaired) electrons. The zero-order valence-corrected chi connectivity index (χ0v) is 8.45. The first kappa shape index (κ1) is 13.9. The molecule has 0 spiro atoms. The lowest BCUT2D eigenvalue weighted by Crippen LogP contribution is -2.20. The standard InChI is InChI=1S/C6H7BO3.C3H8O2/c8-7(9)10-6-4-2-1-3-5-6;1-3(5)2-4/h1-5,8-9H;3-5H,2H2,1H3. The molecular weight excluding hydrogens is 199 g/mol. The summed E-state index contributed by atoms with van der Waals surface area (Å²) < 4.78 is 4.53. The van der Waals surface area contributed by atoms with Crippen LogP contribution in [0, 0.1) is 0 Å². The maximum Gasteiger partial charge on any atom is 0.707 e. The lowest BCUT2D eigenvalue weighted by atomic mass is 10.2. The van der Waals surface area contributed by atoms with Crippen LogP contribution in [0.15, 0.2) is 30.3 Å². The molecule has 0 heterocycles. The smallest absolute Gasteiger partial charge is 0.512 e. The quantitative estimate of drug-likeness (QED) is 0.504. The molecule has 0 saturated carbocycles. The van der Waals surface area contributed by atoms with E-state index >= 15 is 0 Å². The number of hydrogen-bond acceptors (Lipinski definition) is 5. The van der Waals surface area contributed by atoms with E-state index in [4.69, 9.17) is 20.3 Å². The van der Waals surface area contributed by atoms with Gasteiger partial charge in [0.2, 0.25) is 0 Å². The lowest BCUT2D eigenvalue weighted by Gasteiger charge is -2.01. The SMILES string of the molecule is CC(O)CO.OB(O)Oc1ccccc1. The van der Waals surface area contributed by atoms with Crippen LogP contribution in [0.4, 0.5) is 0 Å². The molecule has 0 fully saturated rings. The minimum atomic E-state index is -1.73. The zero-order valence-electron chi connectivity index (χ0n) is 8.45. The van der Waals surface area contributed by atoms with E-state index < -0.39 is 13.4 Å². The van der Waals surface area contributed by atoms with Crippen LogP contribution in [0.25, 0.3) is 0 Å². The monoisotopic (exact) mass is 214 g/mol. The molecule has 0 amide bonds. The van der Waals surface area contributed by atoms with E-state index in [1.165, 1.54) is 6.92 Å². The summed E-state index contributed by atoms with van der Waals surface area (Å²) in [6.45, 7) is 1.39. The molecule has 1 unspecified atom stereocenters. The van der Waals surface area contributed by atoms with Crippen LogP contribution < -0.4 is 4.65 Å². The topological polar surface area (TPSA) is 90.2 Å². The lowest BCUT2D eigenvalue weighted by molar-refractivity contribution is 0.110. The van der Waals surface area contributed by atoms with Crippen molar-refractivity contribution in [3.05, 3.63) is 30.3 Å². The van der Waals surface area contributed by atoms with Crippen LogP contribution in [-0.4, -0.2) is 40.3 Å². The van der Waals surface area contributed by atoms with Gasteiger partial charge in [0.25, 0.3) is 0 Å². The fourth-order valence-corrected chi connectivity index (χ4v) is 0.621. The first-order valence-corrected chi connectivity index (χ1v) is 4.43. The Morgan fingerprint density at radius 3 is 2.07 bits per heavy atom. The minimum absolute atomic E-state index is 0.139. The van der Waals surface area contributed by atoms with Crippen LogP contribution in [0.2, 0.25) is 0 Å². The van der Waals surface area contributed by atoms with Gasteiger partial charge in [-0.1, -0.05) is 18.2 Å². The number of hydrogen-bond donors (Lipinski definition) is 4. The molecule has 6 heteroatoms. The van der Waals surface area contributed by atoms with E-state index in [2.05, 4.69) is 4.65 Å². The molecule has 1 atom stereocenters. The van der Waals surface area contributed by atoms with Crippen LogP contribution in [0.1, 0.15) is 6.92 Å². The highest BCUT2D eigenvalue weighted by molar-refractivity contribution is 6.33. The van der Waals surface area contributed by atoms with Crippen LogP contribution >= 0.6 is 0 Å². The van der Waals surface area contributed by atoms with Crippen molar-refractivity contribution < 1.29 is 24.9 Å². The van der Waals surface area contributed by atoms with Crippen LogP contribution in [0.5, 0.6) is 5.75 Å². The second kappa shape index (κ2) is 8.25. The Morgan fingerprint density at radius 2 is 1.73 bits per heavy atom. The van der Waals surface area contributed by atoms with Crippen molar-refractivity contribution >= 4 is 7.32 Å². The van der Waals surface area contributed by atoms with E-state index in [-0.39, 0.29) is 6.61 Å². The molecule has 0 saturated heterocycles. The summed E-state index contributed by atoms with van der Waals surface area (Å²) in [7, 11) is -1.73. The summed E-state index contributed by atoms with van der Waals surface area (Å²) in [5, 5.41) is 32.7. The average molecular weight is 214 g/mol. The van der Waals surface area contributed by atoms with Gasteiger partial charge in [-0.05, 0) is 19.1 Å². The van der Waals surface area contributed by atoms with Gasteiger partial charge in [-0.3, -0.25) is 0 Å². The predicted octanol–water partition coefficient (Wildman–Crippen LogP) is -0.606. The van der Waals surface area contributed by atoms with Crippen molar-refractivity contribution in [2.24, 2.45) is 0 Å². The second-order valence-electron chi connectivity index (χ2n) is 2.79. The summed E-state index contributed by atoms with van der Waals surface area (Å²) in [5.74, 6) is 0.442. The molecule has 0 aliphatic heterocycles. The molecule has 5 nitrogen and oxygen atoms in total. The summed E-state index contributed by atoms with van der Waals surface area (Å²) >= 11 is 0. The van der Waals surface area contributed by atoms with E-state index in [0.717, 1.165) is 0 Å².